The van der Waals surface area contributed by atoms with Crippen molar-refractivity contribution < 1.29 is 22.0 Å². The van der Waals surface area contributed by atoms with Gasteiger partial charge >= 0.3 is 0 Å². The van der Waals surface area contributed by atoms with Crippen LogP contribution in [-0.4, -0.2) is 37.5 Å². The Morgan fingerprint density at radius 3 is 2.34 bits per heavy atom. The zero-order valence-electron chi connectivity index (χ0n) is 16.4. The van der Waals surface area contributed by atoms with Gasteiger partial charge in [0.15, 0.2) is 11.3 Å². The maximum atomic E-state index is 16.0. The topological polar surface area (TPSA) is 66.5 Å². The van der Waals surface area contributed by atoms with Gasteiger partial charge in [-0.2, -0.15) is 8.78 Å². The third-order valence-corrected chi connectivity index (χ3v) is 5.89. The molecule has 0 amide bonds. The van der Waals surface area contributed by atoms with Crippen LogP contribution < -0.4 is 4.83 Å². The van der Waals surface area contributed by atoms with E-state index in [0.29, 0.717) is 18.4 Å². The fraction of sp³-hybridized carbons (Fsp3) is 0.381. The van der Waals surface area contributed by atoms with E-state index in [-0.39, 0.29) is 18.5 Å². The summed E-state index contributed by atoms with van der Waals surface area (Å²) in [6.45, 7) is 1.12. The Bertz CT molecular complexity index is 996. The zero-order chi connectivity index (χ0) is 21.3. The van der Waals surface area contributed by atoms with Crippen LogP contribution >= 0.6 is 0 Å². The molecule has 1 saturated heterocycles. The van der Waals surface area contributed by atoms with Crippen molar-refractivity contribution in [1.82, 2.24) is 9.84 Å². The molecule has 1 aliphatic heterocycles. The molecule has 5 nitrogen and oxygen atoms in total. The molecule has 1 unspecified atom stereocenters. The summed E-state index contributed by atoms with van der Waals surface area (Å²) in [7, 11) is -3.83. The highest BCUT2D eigenvalue weighted by molar-refractivity contribution is 7.88. The molecular formula is C21H24F2N2O3S. The van der Waals surface area contributed by atoms with Crippen molar-refractivity contribution in [3.8, 4) is 11.1 Å². The smallest absolute Gasteiger partial charge is 0.298 e. The van der Waals surface area contributed by atoms with E-state index < -0.39 is 27.3 Å². The van der Waals surface area contributed by atoms with Gasteiger partial charge in [-0.15, -0.1) is 4.83 Å². The molecule has 0 saturated carbocycles. The molecule has 1 heterocycles. The number of halogens is 2. The van der Waals surface area contributed by atoms with Gasteiger partial charge in [0.1, 0.15) is 0 Å². The second-order valence-corrected chi connectivity index (χ2v) is 9.14. The lowest BCUT2D eigenvalue weighted by atomic mass is 9.76. The van der Waals surface area contributed by atoms with E-state index in [1.807, 2.05) is 30.3 Å². The van der Waals surface area contributed by atoms with Crippen LogP contribution in [0.4, 0.5) is 8.78 Å². The lowest BCUT2D eigenvalue weighted by Crippen LogP contribution is -2.69. The largest absolute Gasteiger partial charge is 0.299 e. The first kappa shape index (κ1) is 21.5. The molecule has 2 aromatic rings. The molecule has 1 aliphatic rings. The van der Waals surface area contributed by atoms with Gasteiger partial charge in [-0.1, -0.05) is 48.5 Å². The highest BCUT2D eigenvalue weighted by Crippen LogP contribution is 2.48. The highest BCUT2D eigenvalue weighted by Gasteiger charge is 2.62. The number of rotatable bonds is 6. The normalized spacial score (nSPS) is 21.1. The molecule has 0 radical (unpaired) electrons. The Hall–Kier alpha value is -2.16. The number of alkyl halides is 2. The molecule has 0 aromatic heterocycles. The number of ketones is 1. The Morgan fingerprint density at radius 2 is 1.72 bits per heavy atom. The van der Waals surface area contributed by atoms with E-state index in [0.717, 1.165) is 23.8 Å². The molecule has 29 heavy (non-hydrogen) atoms. The molecule has 3 rings (SSSR count). The van der Waals surface area contributed by atoms with Crippen molar-refractivity contribution in [2.24, 2.45) is 0 Å². The van der Waals surface area contributed by atoms with Gasteiger partial charge in [0, 0.05) is 12.1 Å². The summed E-state index contributed by atoms with van der Waals surface area (Å²) < 4.78 is 55.5. The summed E-state index contributed by atoms with van der Waals surface area (Å²) in [5.41, 5.74) is -1.24. The molecule has 1 atom stereocenters. The number of Topliss-reactive ketones (excluding diaryl/α,β-unsaturated/α-hetero) is 1. The lowest BCUT2D eigenvalue weighted by molar-refractivity contribution is -0.184. The fourth-order valence-corrected chi connectivity index (χ4v) is 4.62. The minimum absolute atomic E-state index is 0.0284. The maximum absolute atomic E-state index is 16.0. The summed E-state index contributed by atoms with van der Waals surface area (Å²) in [6, 6.07) is 15.0. The number of piperidine rings is 1. The number of nitrogens with zero attached hydrogens (tertiary/aromatic N) is 1. The first-order valence-corrected chi connectivity index (χ1v) is 11.3. The number of hydrogen-bond acceptors (Lipinski definition) is 4. The van der Waals surface area contributed by atoms with Gasteiger partial charge in [0.05, 0.1) is 6.26 Å². The standard InChI is InChI=1S/C21H24F2N2O3S/c1-16(26)20(13-6-7-14-25(20)24-29(2,27)28)21(22,23)19-12-8-11-18(15-19)17-9-4-3-5-10-17/h3-5,8-12,15,24H,6-7,13-14H2,1-2H3. The van der Waals surface area contributed by atoms with Gasteiger partial charge in [0.25, 0.3) is 5.92 Å². The Kier molecular flexibility index (Phi) is 5.89. The van der Waals surface area contributed by atoms with Crippen LogP contribution in [0.25, 0.3) is 11.1 Å². The number of sulfonamides is 1. The third-order valence-electron chi connectivity index (χ3n) is 5.34. The molecule has 1 N–H and O–H groups in total. The van der Waals surface area contributed by atoms with Crippen molar-refractivity contribution >= 4 is 15.8 Å². The van der Waals surface area contributed by atoms with Crippen LogP contribution in [0.15, 0.2) is 54.6 Å². The van der Waals surface area contributed by atoms with Crippen molar-refractivity contribution in [3.05, 3.63) is 60.2 Å². The van der Waals surface area contributed by atoms with Crippen LogP contribution in [0, 0.1) is 0 Å². The zero-order valence-corrected chi connectivity index (χ0v) is 17.2. The molecule has 0 spiro atoms. The monoisotopic (exact) mass is 422 g/mol. The van der Waals surface area contributed by atoms with E-state index in [2.05, 4.69) is 4.83 Å². The van der Waals surface area contributed by atoms with Gasteiger partial charge in [-0.25, -0.2) is 13.4 Å². The van der Waals surface area contributed by atoms with Crippen LogP contribution in [0.1, 0.15) is 31.7 Å². The number of benzene rings is 2. The summed E-state index contributed by atoms with van der Waals surface area (Å²) in [4.78, 5) is 14.8. The van der Waals surface area contributed by atoms with Crippen molar-refractivity contribution in [2.45, 2.75) is 37.6 Å². The maximum Gasteiger partial charge on any atom is 0.299 e. The van der Waals surface area contributed by atoms with E-state index in [9.17, 15) is 13.2 Å². The van der Waals surface area contributed by atoms with Gasteiger partial charge in [0.2, 0.25) is 10.0 Å². The lowest BCUT2D eigenvalue weighted by Gasteiger charge is -2.48. The predicted octanol–water partition coefficient (Wildman–Crippen LogP) is 3.72. The molecule has 0 bridgehead atoms. The second-order valence-electron chi connectivity index (χ2n) is 7.41. The van der Waals surface area contributed by atoms with Gasteiger partial charge in [-0.05, 0) is 43.4 Å². The van der Waals surface area contributed by atoms with E-state index >= 15 is 8.78 Å². The molecular weight excluding hydrogens is 398 g/mol. The summed E-state index contributed by atoms with van der Waals surface area (Å²) in [6.07, 6.45) is 1.65. The Labute approximate surface area is 169 Å². The van der Waals surface area contributed by atoms with Crippen LogP contribution in [0.3, 0.4) is 0 Å². The van der Waals surface area contributed by atoms with Crippen molar-refractivity contribution in [1.29, 1.82) is 0 Å². The van der Waals surface area contributed by atoms with Gasteiger partial charge < -0.3 is 0 Å². The number of nitrogens with one attached hydrogen (secondary N) is 1. The third kappa shape index (κ3) is 4.10. The Morgan fingerprint density at radius 1 is 1.07 bits per heavy atom. The summed E-state index contributed by atoms with van der Waals surface area (Å²) in [5.74, 6) is -4.38. The van der Waals surface area contributed by atoms with Crippen molar-refractivity contribution in [2.75, 3.05) is 12.8 Å². The molecule has 156 valence electrons. The van der Waals surface area contributed by atoms with E-state index in [4.69, 9.17) is 0 Å². The summed E-state index contributed by atoms with van der Waals surface area (Å²) in [5, 5.41) is 0.920. The van der Waals surface area contributed by atoms with Crippen LogP contribution in [0.5, 0.6) is 0 Å². The van der Waals surface area contributed by atoms with Crippen LogP contribution in [0.2, 0.25) is 0 Å². The number of carbonyl (C=O) groups excluding carboxylic acids is 1. The number of hydrazine groups is 1. The average molecular weight is 422 g/mol. The van der Waals surface area contributed by atoms with Crippen molar-refractivity contribution in [3.63, 3.8) is 0 Å². The fourth-order valence-electron chi connectivity index (χ4n) is 3.98. The molecule has 2 aromatic carbocycles. The molecule has 1 fully saturated rings. The summed E-state index contributed by atoms with van der Waals surface area (Å²) >= 11 is 0. The number of carbonyl (C=O) groups is 1. The first-order valence-electron chi connectivity index (χ1n) is 9.38. The predicted molar refractivity (Wildman–Crippen MR) is 108 cm³/mol. The second kappa shape index (κ2) is 7.93. The first-order chi connectivity index (χ1) is 13.6. The molecule has 8 heteroatoms. The van der Waals surface area contributed by atoms with E-state index in [1.165, 1.54) is 18.2 Å². The minimum Gasteiger partial charge on any atom is -0.298 e. The highest BCUT2D eigenvalue weighted by atomic mass is 32.2. The Balaban J connectivity index is 2.12. The SMILES string of the molecule is CC(=O)C1(C(F)(F)c2cccc(-c3ccccc3)c2)CCCCN1NS(C)(=O)=O. The quantitative estimate of drug-likeness (QED) is 0.771. The number of hydrogen-bond donors (Lipinski definition) is 1. The average Bonchev–Trinajstić information content (AvgIpc) is 2.67. The van der Waals surface area contributed by atoms with Crippen LogP contribution in [-0.2, 0) is 20.7 Å². The van der Waals surface area contributed by atoms with E-state index in [1.54, 1.807) is 6.07 Å². The molecule has 0 aliphatic carbocycles. The van der Waals surface area contributed by atoms with Gasteiger partial charge in [-0.3, -0.25) is 4.79 Å². The minimum atomic E-state index is -3.83.